The first-order valence-electron chi connectivity index (χ1n) is 3.91. The lowest BCUT2D eigenvalue weighted by atomic mass is 10.1. The third-order valence-electron chi connectivity index (χ3n) is 2.20. The highest BCUT2D eigenvalue weighted by Crippen LogP contribution is 2.28. The predicted molar refractivity (Wildman–Crippen MR) is 37.4 cm³/mol. The molecule has 4 atom stereocenters. The second-order valence-electron chi connectivity index (χ2n) is 3.03. The Morgan fingerprint density at radius 3 is 2.77 bits per heavy atom. The zero-order valence-electron chi connectivity index (χ0n) is 6.66. The molecule has 7 nitrogen and oxygen atoms in total. The lowest BCUT2D eigenvalue weighted by Crippen LogP contribution is -2.33. The SMILES string of the molecule is O=[N+]([O-])O[C@@H]1CO[C@H]2[C@H]1OC[C@H]2O. The predicted octanol–water partition coefficient (Wildman–Crippen LogP) is -1.28. The number of hydrogen-bond donors (Lipinski definition) is 1. The summed E-state index contributed by atoms with van der Waals surface area (Å²) in [6, 6.07) is 0. The van der Waals surface area contributed by atoms with Crippen LogP contribution >= 0.6 is 0 Å². The zero-order valence-corrected chi connectivity index (χ0v) is 6.66. The van der Waals surface area contributed by atoms with E-state index in [0.717, 1.165) is 0 Å². The normalized spacial score (nSPS) is 43.2. The van der Waals surface area contributed by atoms with Gasteiger partial charge < -0.3 is 19.4 Å². The maximum Gasteiger partial charge on any atom is 0.294 e. The van der Waals surface area contributed by atoms with Crippen molar-refractivity contribution < 1.29 is 24.5 Å². The quantitative estimate of drug-likeness (QED) is 0.432. The Balaban J connectivity index is 1.98. The van der Waals surface area contributed by atoms with E-state index in [1.165, 1.54) is 0 Å². The zero-order chi connectivity index (χ0) is 9.42. The van der Waals surface area contributed by atoms with Gasteiger partial charge in [0.2, 0.25) is 0 Å². The van der Waals surface area contributed by atoms with E-state index in [2.05, 4.69) is 4.84 Å². The van der Waals surface area contributed by atoms with Crippen molar-refractivity contribution in [3.05, 3.63) is 10.1 Å². The fourth-order valence-electron chi connectivity index (χ4n) is 1.64. The molecule has 0 aromatic rings. The molecule has 2 aliphatic heterocycles. The third-order valence-corrected chi connectivity index (χ3v) is 2.20. The minimum atomic E-state index is -0.871. The van der Waals surface area contributed by atoms with Crippen molar-refractivity contribution in [3.63, 3.8) is 0 Å². The van der Waals surface area contributed by atoms with Crippen LogP contribution in [0.25, 0.3) is 0 Å². The number of aliphatic hydroxyl groups excluding tert-OH is 1. The molecule has 2 fully saturated rings. The molecular formula is C6H9NO6. The van der Waals surface area contributed by atoms with Gasteiger partial charge in [0.25, 0.3) is 5.09 Å². The first-order valence-corrected chi connectivity index (χ1v) is 3.91. The highest BCUT2D eigenvalue weighted by atomic mass is 17.0. The average Bonchev–Trinajstić information content (AvgIpc) is 2.56. The molecule has 0 bridgehead atoms. The van der Waals surface area contributed by atoms with Crippen LogP contribution in [0.1, 0.15) is 0 Å². The number of rotatable bonds is 2. The van der Waals surface area contributed by atoms with Gasteiger partial charge in [-0.05, 0) is 0 Å². The van der Waals surface area contributed by atoms with Crippen molar-refractivity contribution in [2.45, 2.75) is 24.4 Å². The minimum absolute atomic E-state index is 0.0906. The summed E-state index contributed by atoms with van der Waals surface area (Å²) in [6.07, 6.45) is -2.41. The van der Waals surface area contributed by atoms with Crippen molar-refractivity contribution in [2.75, 3.05) is 13.2 Å². The maximum absolute atomic E-state index is 10.0. The Morgan fingerprint density at radius 1 is 1.38 bits per heavy atom. The van der Waals surface area contributed by atoms with Gasteiger partial charge >= 0.3 is 0 Å². The first kappa shape index (κ1) is 8.67. The van der Waals surface area contributed by atoms with Crippen LogP contribution in [0.15, 0.2) is 0 Å². The average molecular weight is 191 g/mol. The van der Waals surface area contributed by atoms with Crippen LogP contribution in [0.4, 0.5) is 0 Å². The molecule has 0 unspecified atom stereocenters. The Morgan fingerprint density at radius 2 is 2.08 bits per heavy atom. The van der Waals surface area contributed by atoms with Crippen LogP contribution in [0, 0.1) is 10.1 Å². The smallest absolute Gasteiger partial charge is 0.294 e. The van der Waals surface area contributed by atoms with Crippen molar-refractivity contribution >= 4 is 0 Å². The molecule has 74 valence electrons. The molecule has 2 rings (SSSR count). The van der Waals surface area contributed by atoms with Gasteiger partial charge in [0.05, 0.1) is 13.2 Å². The molecule has 2 aliphatic rings. The standard InChI is InChI=1S/C6H9NO6/c8-3-1-11-6-4(13-7(9)10)2-12-5(3)6/h3-6,8H,1-2H2/t3-,4-,5-,6+/m1/s1. The van der Waals surface area contributed by atoms with E-state index < -0.39 is 29.5 Å². The van der Waals surface area contributed by atoms with E-state index in [1.807, 2.05) is 0 Å². The van der Waals surface area contributed by atoms with Gasteiger partial charge in [-0.25, -0.2) is 0 Å². The molecule has 0 aromatic heterocycles. The van der Waals surface area contributed by atoms with Gasteiger partial charge in [0.1, 0.15) is 18.3 Å². The molecule has 2 heterocycles. The third kappa shape index (κ3) is 1.45. The van der Waals surface area contributed by atoms with Crippen LogP contribution < -0.4 is 0 Å². The molecule has 0 amide bonds. The summed E-state index contributed by atoms with van der Waals surface area (Å²) in [5.74, 6) is 0. The first-order chi connectivity index (χ1) is 6.18. The van der Waals surface area contributed by atoms with Crippen molar-refractivity contribution in [3.8, 4) is 0 Å². The van der Waals surface area contributed by atoms with Crippen LogP contribution in [0.2, 0.25) is 0 Å². The second kappa shape index (κ2) is 3.09. The van der Waals surface area contributed by atoms with Gasteiger partial charge in [-0.15, -0.1) is 10.1 Å². The summed E-state index contributed by atoms with van der Waals surface area (Å²) in [4.78, 5) is 14.4. The van der Waals surface area contributed by atoms with Crippen molar-refractivity contribution in [1.29, 1.82) is 0 Å². The topological polar surface area (TPSA) is 91.1 Å². The molecule has 0 aromatic carbocycles. The summed E-state index contributed by atoms with van der Waals surface area (Å²) >= 11 is 0. The molecule has 2 saturated heterocycles. The Hall–Kier alpha value is -0.920. The van der Waals surface area contributed by atoms with Crippen LogP contribution in [-0.4, -0.2) is 47.8 Å². The Labute approximate surface area is 73.3 Å². The molecule has 0 aliphatic carbocycles. The van der Waals surface area contributed by atoms with Crippen molar-refractivity contribution in [1.82, 2.24) is 0 Å². The number of nitrogens with zero attached hydrogens (tertiary/aromatic N) is 1. The molecule has 7 heteroatoms. The fraction of sp³-hybridized carbons (Fsp3) is 1.00. The monoisotopic (exact) mass is 191 g/mol. The van der Waals surface area contributed by atoms with Gasteiger partial charge in [0, 0.05) is 0 Å². The van der Waals surface area contributed by atoms with Gasteiger partial charge in [0.15, 0.2) is 6.10 Å². The maximum atomic E-state index is 10.0. The second-order valence-corrected chi connectivity index (χ2v) is 3.03. The fourth-order valence-corrected chi connectivity index (χ4v) is 1.64. The molecule has 13 heavy (non-hydrogen) atoms. The lowest BCUT2D eigenvalue weighted by Gasteiger charge is -2.12. The molecule has 0 saturated carbocycles. The Bertz CT molecular complexity index is 221. The Kier molecular flexibility index (Phi) is 2.06. The van der Waals surface area contributed by atoms with E-state index >= 15 is 0 Å². The lowest BCUT2D eigenvalue weighted by molar-refractivity contribution is -0.769. The number of aliphatic hydroxyl groups is 1. The van der Waals surface area contributed by atoms with E-state index in [-0.39, 0.29) is 13.2 Å². The van der Waals surface area contributed by atoms with Gasteiger partial charge in [-0.3, -0.25) is 0 Å². The highest BCUT2D eigenvalue weighted by molar-refractivity contribution is 4.94. The van der Waals surface area contributed by atoms with Crippen LogP contribution in [-0.2, 0) is 14.3 Å². The van der Waals surface area contributed by atoms with Gasteiger partial charge in [-0.2, -0.15) is 0 Å². The van der Waals surface area contributed by atoms with Gasteiger partial charge in [-0.1, -0.05) is 0 Å². The number of fused-ring (bicyclic) bond motifs is 1. The van der Waals surface area contributed by atoms with Crippen LogP contribution in [0.3, 0.4) is 0 Å². The largest absolute Gasteiger partial charge is 0.388 e. The number of ether oxygens (including phenoxy) is 2. The molecule has 0 spiro atoms. The number of hydrogen-bond acceptors (Lipinski definition) is 6. The summed E-state index contributed by atoms with van der Waals surface area (Å²) in [7, 11) is 0. The molecule has 0 radical (unpaired) electrons. The summed E-state index contributed by atoms with van der Waals surface area (Å²) in [5.41, 5.74) is 0. The van der Waals surface area contributed by atoms with Crippen molar-refractivity contribution in [2.24, 2.45) is 0 Å². The van der Waals surface area contributed by atoms with E-state index in [9.17, 15) is 15.2 Å². The molecular weight excluding hydrogens is 182 g/mol. The van der Waals surface area contributed by atoms with E-state index in [1.54, 1.807) is 0 Å². The summed E-state index contributed by atoms with van der Waals surface area (Å²) in [6.45, 7) is 0.236. The summed E-state index contributed by atoms with van der Waals surface area (Å²) in [5, 5.41) is 18.4. The van der Waals surface area contributed by atoms with Crippen LogP contribution in [0.5, 0.6) is 0 Å². The highest BCUT2D eigenvalue weighted by Gasteiger charge is 2.48. The summed E-state index contributed by atoms with van der Waals surface area (Å²) < 4.78 is 10.2. The molecule has 1 N–H and O–H groups in total. The van der Waals surface area contributed by atoms with E-state index in [4.69, 9.17) is 9.47 Å². The van der Waals surface area contributed by atoms with E-state index in [0.29, 0.717) is 0 Å². The minimum Gasteiger partial charge on any atom is -0.388 e.